The van der Waals surface area contributed by atoms with Crippen molar-refractivity contribution < 1.29 is 23.9 Å². The largest absolute Gasteiger partial charge is 0.493 e. The Morgan fingerprint density at radius 3 is 2.29 bits per heavy atom. The van der Waals surface area contributed by atoms with Crippen LogP contribution in [0.3, 0.4) is 0 Å². The third-order valence-corrected chi connectivity index (χ3v) is 6.30. The minimum absolute atomic E-state index is 0.134. The molecule has 0 unspecified atom stereocenters. The van der Waals surface area contributed by atoms with Gasteiger partial charge in [0, 0.05) is 10.9 Å². The lowest BCUT2D eigenvalue weighted by Gasteiger charge is -2.10. The average molecular weight is 589 g/mol. The molecule has 0 aliphatic carbocycles. The number of ether oxygens (including phenoxy) is 2. The van der Waals surface area contributed by atoms with Gasteiger partial charge in [0.1, 0.15) is 0 Å². The molecule has 2 aromatic carbocycles. The van der Waals surface area contributed by atoms with Crippen LogP contribution in [0, 0.1) is 0 Å². The molecule has 0 aromatic heterocycles. The van der Waals surface area contributed by atoms with E-state index in [4.69, 9.17) is 9.47 Å². The van der Waals surface area contributed by atoms with E-state index in [0.717, 1.165) is 23.7 Å². The summed E-state index contributed by atoms with van der Waals surface area (Å²) in [6.45, 7) is 2.08. The maximum Gasteiger partial charge on any atom is 0.343 e. The summed E-state index contributed by atoms with van der Waals surface area (Å²) >= 11 is 3.33. The predicted molar refractivity (Wildman–Crippen MR) is 153 cm³/mol. The Balaban J connectivity index is 1.68. The average Bonchev–Trinajstić information content (AvgIpc) is 2.91. The molecule has 0 heterocycles. The van der Waals surface area contributed by atoms with Gasteiger partial charge in [-0.2, -0.15) is 5.10 Å². The van der Waals surface area contributed by atoms with Gasteiger partial charge in [0.15, 0.2) is 11.5 Å². The molecular weight excluding hydrogens is 550 g/mol. The number of carbonyl (C=O) groups excluding carboxylic acids is 3. The van der Waals surface area contributed by atoms with Crippen LogP contribution < -0.4 is 20.2 Å². The van der Waals surface area contributed by atoms with Gasteiger partial charge in [-0.25, -0.2) is 10.2 Å². The second-order valence-corrected chi connectivity index (χ2v) is 9.87. The van der Waals surface area contributed by atoms with Gasteiger partial charge in [0.2, 0.25) is 5.91 Å². The minimum atomic E-state index is -0.516. The summed E-state index contributed by atoms with van der Waals surface area (Å²) in [4.78, 5) is 36.4. The zero-order valence-corrected chi connectivity index (χ0v) is 23.8. The van der Waals surface area contributed by atoms with Crippen molar-refractivity contribution in [3.8, 4) is 11.5 Å². The molecule has 0 atom stereocenters. The van der Waals surface area contributed by atoms with Crippen molar-refractivity contribution in [2.24, 2.45) is 5.10 Å². The van der Waals surface area contributed by atoms with Crippen molar-refractivity contribution in [1.82, 2.24) is 10.7 Å². The number of hydrazone groups is 1. The topological polar surface area (TPSA) is 106 Å². The first kappa shape index (κ1) is 31.0. The van der Waals surface area contributed by atoms with Crippen molar-refractivity contribution in [3.63, 3.8) is 0 Å². The number of amides is 2. The lowest BCUT2D eigenvalue weighted by atomic mass is 10.1. The maximum absolute atomic E-state index is 12.4. The van der Waals surface area contributed by atoms with E-state index in [9.17, 15) is 14.4 Å². The molecule has 2 rings (SSSR count). The van der Waals surface area contributed by atoms with E-state index < -0.39 is 11.9 Å². The minimum Gasteiger partial charge on any atom is -0.493 e. The zero-order valence-electron chi connectivity index (χ0n) is 22.3. The lowest BCUT2D eigenvalue weighted by molar-refractivity contribution is -0.126. The maximum atomic E-state index is 12.4. The van der Waals surface area contributed by atoms with Crippen LogP contribution in [0.1, 0.15) is 87.1 Å². The number of rotatable bonds is 17. The van der Waals surface area contributed by atoms with E-state index in [0.29, 0.717) is 23.3 Å². The van der Waals surface area contributed by atoms with Gasteiger partial charge in [0.25, 0.3) is 5.91 Å². The molecule has 2 aromatic rings. The second-order valence-electron chi connectivity index (χ2n) is 8.96. The summed E-state index contributed by atoms with van der Waals surface area (Å²) in [5, 5.41) is 6.54. The quantitative estimate of drug-likeness (QED) is 0.0757. The van der Waals surface area contributed by atoms with Crippen LogP contribution in [0.4, 0.5) is 0 Å². The van der Waals surface area contributed by atoms with Crippen LogP contribution in [-0.4, -0.2) is 37.7 Å². The molecule has 206 valence electrons. The van der Waals surface area contributed by atoms with Crippen LogP contribution in [0.15, 0.2) is 52.0 Å². The molecule has 0 saturated heterocycles. The first-order chi connectivity index (χ1) is 18.4. The molecular formula is C29H38BrN3O5. The highest BCUT2D eigenvalue weighted by Gasteiger charge is 2.13. The number of carbonyl (C=O) groups is 3. The molecule has 0 aliphatic rings. The number of esters is 1. The van der Waals surface area contributed by atoms with Crippen molar-refractivity contribution in [1.29, 1.82) is 0 Å². The fraction of sp³-hybridized carbons (Fsp3) is 0.448. The summed E-state index contributed by atoms with van der Waals surface area (Å²) in [5.41, 5.74) is 3.41. The number of hydrogen-bond donors (Lipinski definition) is 2. The van der Waals surface area contributed by atoms with E-state index in [1.807, 2.05) is 6.07 Å². The molecule has 0 spiro atoms. The second kappa shape index (κ2) is 18.1. The van der Waals surface area contributed by atoms with E-state index in [-0.39, 0.29) is 18.2 Å². The van der Waals surface area contributed by atoms with Crippen molar-refractivity contribution >= 4 is 39.9 Å². The third kappa shape index (κ3) is 12.4. The van der Waals surface area contributed by atoms with Gasteiger partial charge >= 0.3 is 5.97 Å². The van der Waals surface area contributed by atoms with Gasteiger partial charge in [-0.15, -0.1) is 0 Å². The molecule has 2 amide bonds. The highest BCUT2D eigenvalue weighted by molar-refractivity contribution is 9.10. The van der Waals surface area contributed by atoms with E-state index in [1.54, 1.807) is 36.4 Å². The molecule has 0 bridgehead atoms. The number of nitrogens with one attached hydrogen (secondary N) is 2. The Hall–Kier alpha value is -3.20. The van der Waals surface area contributed by atoms with Gasteiger partial charge in [-0.1, -0.05) is 80.3 Å². The fourth-order valence-corrected chi connectivity index (χ4v) is 4.10. The molecule has 8 nitrogen and oxygen atoms in total. The smallest absolute Gasteiger partial charge is 0.343 e. The van der Waals surface area contributed by atoms with Gasteiger partial charge in [-0.05, 0) is 48.4 Å². The standard InChI is InChI=1S/C29H38BrN3O5/c1-3-4-5-6-7-8-9-10-11-15-27(34)31-21-28(35)33-32-20-22-16-17-25(26(18-22)37-2)38-29(36)23-13-12-14-24(30)19-23/h12-14,16-20H,3-11,15,21H2,1-2H3,(H,31,34)(H,33,35). The zero-order chi connectivity index (χ0) is 27.6. The first-order valence-corrected chi connectivity index (χ1v) is 14.0. The van der Waals surface area contributed by atoms with Gasteiger partial charge in [0.05, 0.1) is 25.4 Å². The van der Waals surface area contributed by atoms with E-state index in [1.165, 1.54) is 51.8 Å². The number of halogens is 1. The molecule has 38 heavy (non-hydrogen) atoms. The Morgan fingerprint density at radius 1 is 0.895 bits per heavy atom. The summed E-state index contributed by atoms with van der Waals surface area (Å²) in [6, 6.07) is 11.8. The predicted octanol–water partition coefficient (Wildman–Crippen LogP) is 6.16. The SMILES string of the molecule is CCCCCCCCCCCC(=O)NCC(=O)NN=Cc1ccc(OC(=O)c2cccc(Br)c2)c(OC)c1. The monoisotopic (exact) mass is 587 g/mol. The van der Waals surface area contributed by atoms with Crippen LogP contribution in [0.2, 0.25) is 0 Å². The van der Waals surface area contributed by atoms with E-state index >= 15 is 0 Å². The Bertz CT molecular complexity index is 1070. The van der Waals surface area contributed by atoms with Crippen LogP contribution in [0.5, 0.6) is 11.5 Å². The lowest BCUT2D eigenvalue weighted by Crippen LogP contribution is -2.34. The number of hydrogen-bond acceptors (Lipinski definition) is 6. The van der Waals surface area contributed by atoms with Gasteiger partial charge < -0.3 is 14.8 Å². The van der Waals surface area contributed by atoms with Crippen molar-refractivity contribution in [2.75, 3.05) is 13.7 Å². The van der Waals surface area contributed by atoms with Crippen LogP contribution in [0.25, 0.3) is 0 Å². The number of unbranched alkanes of at least 4 members (excludes halogenated alkanes) is 8. The Kier molecular flexibility index (Phi) is 14.8. The first-order valence-electron chi connectivity index (χ1n) is 13.2. The fourth-order valence-electron chi connectivity index (χ4n) is 3.70. The number of methoxy groups -OCH3 is 1. The summed E-state index contributed by atoms with van der Waals surface area (Å²) in [5.74, 6) is -0.475. The molecule has 9 heteroatoms. The number of benzene rings is 2. The summed E-state index contributed by atoms with van der Waals surface area (Å²) in [6.07, 6.45) is 12.5. The molecule has 0 saturated carbocycles. The normalized spacial score (nSPS) is 10.8. The molecule has 0 fully saturated rings. The Labute approximate surface area is 233 Å². The van der Waals surface area contributed by atoms with Gasteiger partial charge in [-0.3, -0.25) is 9.59 Å². The highest BCUT2D eigenvalue weighted by atomic mass is 79.9. The van der Waals surface area contributed by atoms with Crippen LogP contribution >= 0.6 is 15.9 Å². The summed E-state index contributed by atoms with van der Waals surface area (Å²) in [7, 11) is 1.46. The van der Waals surface area contributed by atoms with E-state index in [2.05, 4.69) is 38.7 Å². The highest BCUT2D eigenvalue weighted by Crippen LogP contribution is 2.28. The third-order valence-electron chi connectivity index (χ3n) is 5.81. The Morgan fingerprint density at radius 2 is 1.61 bits per heavy atom. The van der Waals surface area contributed by atoms with Crippen molar-refractivity contribution in [2.45, 2.75) is 71.1 Å². The van der Waals surface area contributed by atoms with Crippen molar-refractivity contribution in [3.05, 3.63) is 58.1 Å². The molecule has 2 N–H and O–H groups in total. The molecule has 0 radical (unpaired) electrons. The molecule has 0 aliphatic heterocycles. The summed E-state index contributed by atoms with van der Waals surface area (Å²) < 4.78 is 11.6. The number of nitrogens with zero attached hydrogens (tertiary/aromatic N) is 1. The van der Waals surface area contributed by atoms with Crippen LogP contribution in [-0.2, 0) is 9.59 Å².